The van der Waals surface area contributed by atoms with Gasteiger partial charge < -0.3 is 26.3 Å². The van der Waals surface area contributed by atoms with Gasteiger partial charge in [-0.05, 0) is 48.5 Å². The molecule has 0 fully saturated rings. The van der Waals surface area contributed by atoms with Crippen LogP contribution in [0.1, 0.15) is 26.3 Å². The Hall–Kier alpha value is -4.33. The van der Waals surface area contributed by atoms with Crippen LogP contribution in [0.2, 0.25) is 0 Å². The molecule has 3 aromatic carbocycles. The van der Waals surface area contributed by atoms with Crippen molar-refractivity contribution in [3.63, 3.8) is 0 Å². The fourth-order valence-electron chi connectivity index (χ4n) is 2.73. The molecule has 0 aliphatic heterocycles. The maximum atomic E-state index is 12.7. The number of rotatable bonds is 6. The van der Waals surface area contributed by atoms with Gasteiger partial charge in [0.2, 0.25) is 0 Å². The van der Waals surface area contributed by atoms with Crippen molar-refractivity contribution in [3.05, 3.63) is 89.5 Å². The summed E-state index contributed by atoms with van der Waals surface area (Å²) in [5.74, 6) is -0.243. The zero-order chi connectivity index (χ0) is 21.5. The summed E-state index contributed by atoms with van der Waals surface area (Å²) in [6.07, 6.45) is 0. The molecule has 3 aromatic rings. The molecule has 0 bridgehead atoms. The van der Waals surface area contributed by atoms with Gasteiger partial charge in [0, 0.05) is 16.8 Å². The molecule has 8 nitrogen and oxygen atoms in total. The zero-order valence-electron chi connectivity index (χ0n) is 16.1. The molecule has 0 aliphatic rings. The third kappa shape index (κ3) is 4.74. The van der Waals surface area contributed by atoms with Crippen molar-refractivity contribution in [2.75, 3.05) is 17.7 Å². The van der Waals surface area contributed by atoms with Crippen LogP contribution in [0.25, 0.3) is 0 Å². The first-order valence-electron chi connectivity index (χ1n) is 8.95. The van der Waals surface area contributed by atoms with Crippen LogP contribution in [0.4, 0.5) is 11.4 Å². The van der Waals surface area contributed by atoms with Crippen LogP contribution in [0.5, 0.6) is 5.75 Å². The second-order valence-corrected chi connectivity index (χ2v) is 6.25. The van der Waals surface area contributed by atoms with Crippen LogP contribution in [-0.2, 0) is 0 Å². The van der Waals surface area contributed by atoms with E-state index in [1.165, 1.54) is 6.07 Å². The molecule has 0 heterocycles. The number of amides is 2. The van der Waals surface area contributed by atoms with Gasteiger partial charge in [0.15, 0.2) is 5.84 Å². The number of nitrogens with one attached hydrogen (secondary N) is 2. The maximum absolute atomic E-state index is 12.7. The number of para-hydroxylation sites is 1. The predicted octanol–water partition coefficient (Wildman–Crippen LogP) is 3.29. The monoisotopic (exact) mass is 404 g/mol. The molecule has 152 valence electrons. The minimum Gasteiger partial charge on any atom is -0.497 e. The summed E-state index contributed by atoms with van der Waals surface area (Å²) in [4.78, 5) is 25.4. The van der Waals surface area contributed by atoms with E-state index >= 15 is 0 Å². The van der Waals surface area contributed by atoms with Crippen LogP contribution in [-0.4, -0.2) is 30.0 Å². The molecule has 3 rings (SSSR count). The van der Waals surface area contributed by atoms with Crippen LogP contribution in [0, 0.1) is 0 Å². The number of ether oxygens (including phenoxy) is 1. The van der Waals surface area contributed by atoms with Crippen molar-refractivity contribution >= 4 is 29.0 Å². The maximum Gasteiger partial charge on any atom is 0.257 e. The lowest BCUT2D eigenvalue weighted by molar-refractivity contribution is 0.102. The molecule has 5 N–H and O–H groups in total. The number of methoxy groups -OCH3 is 1. The lowest BCUT2D eigenvalue weighted by Gasteiger charge is -2.12. The smallest absolute Gasteiger partial charge is 0.257 e. The van der Waals surface area contributed by atoms with Crippen molar-refractivity contribution in [2.45, 2.75) is 0 Å². The highest BCUT2D eigenvalue weighted by Gasteiger charge is 2.15. The predicted molar refractivity (Wildman–Crippen MR) is 114 cm³/mol. The van der Waals surface area contributed by atoms with E-state index in [-0.39, 0.29) is 11.7 Å². The van der Waals surface area contributed by atoms with Crippen LogP contribution < -0.4 is 21.1 Å². The van der Waals surface area contributed by atoms with E-state index in [0.29, 0.717) is 33.8 Å². The van der Waals surface area contributed by atoms with Gasteiger partial charge >= 0.3 is 0 Å². The standard InChI is InChI=1S/C22H20N4O4/c1-30-17-11-9-16(10-12-17)24-22(28)18-7-2-3-8-19(18)25-21(27)15-6-4-5-14(13-15)20(23)26-29/h2-13,29H,1H3,(H2,23,26)(H,24,28)(H,25,27). The number of nitrogens with zero attached hydrogens (tertiary/aromatic N) is 1. The number of carbonyl (C=O) groups is 2. The van der Waals surface area contributed by atoms with Crippen LogP contribution in [0.15, 0.2) is 78.0 Å². The summed E-state index contributed by atoms with van der Waals surface area (Å²) in [6.45, 7) is 0. The second kappa shape index (κ2) is 9.24. The third-order valence-electron chi connectivity index (χ3n) is 4.30. The Balaban J connectivity index is 1.79. The molecule has 30 heavy (non-hydrogen) atoms. The van der Waals surface area contributed by atoms with E-state index in [9.17, 15) is 9.59 Å². The first kappa shape index (κ1) is 20.4. The summed E-state index contributed by atoms with van der Waals surface area (Å²) in [5, 5.41) is 17.3. The largest absolute Gasteiger partial charge is 0.497 e. The number of amidine groups is 1. The Morgan fingerprint density at radius 3 is 2.30 bits per heavy atom. The Morgan fingerprint density at radius 2 is 1.60 bits per heavy atom. The van der Waals surface area contributed by atoms with E-state index in [4.69, 9.17) is 15.7 Å². The first-order valence-corrected chi connectivity index (χ1v) is 8.95. The van der Waals surface area contributed by atoms with Crippen molar-refractivity contribution in [3.8, 4) is 5.75 Å². The van der Waals surface area contributed by atoms with Crippen LogP contribution >= 0.6 is 0 Å². The van der Waals surface area contributed by atoms with Gasteiger partial charge in [-0.25, -0.2) is 0 Å². The average Bonchev–Trinajstić information content (AvgIpc) is 2.79. The van der Waals surface area contributed by atoms with Crippen LogP contribution in [0.3, 0.4) is 0 Å². The van der Waals surface area contributed by atoms with Gasteiger partial charge in [-0.1, -0.05) is 29.4 Å². The molecule has 8 heteroatoms. The average molecular weight is 404 g/mol. The first-order chi connectivity index (χ1) is 14.5. The number of nitrogens with two attached hydrogens (primary N) is 1. The molecule has 2 amide bonds. The SMILES string of the molecule is COc1ccc(NC(=O)c2ccccc2NC(=O)c2cccc(/C(N)=N\O)c2)cc1. The molecule has 0 saturated carbocycles. The Labute approximate surface area is 173 Å². The van der Waals surface area contributed by atoms with Gasteiger partial charge in [0.25, 0.3) is 11.8 Å². The fourth-order valence-corrected chi connectivity index (χ4v) is 2.73. The minimum atomic E-state index is -0.438. The number of oxime groups is 1. The van der Waals surface area contributed by atoms with Gasteiger partial charge in [-0.3, -0.25) is 9.59 Å². The molecule has 0 aliphatic carbocycles. The number of anilines is 2. The van der Waals surface area contributed by atoms with E-state index in [2.05, 4.69) is 15.8 Å². The Bertz CT molecular complexity index is 1090. The van der Waals surface area contributed by atoms with E-state index in [1.54, 1.807) is 73.8 Å². The zero-order valence-corrected chi connectivity index (χ0v) is 16.1. The normalized spacial score (nSPS) is 10.9. The number of carbonyl (C=O) groups excluding carboxylic acids is 2. The summed E-state index contributed by atoms with van der Waals surface area (Å²) in [5.41, 5.74) is 7.51. The molecule has 0 aromatic heterocycles. The van der Waals surface area contributed by atoms with Gasteiger partial charge in [0.05, 0.1) is 18.4 Å². The van der Waals surface area contributed by atoms with Crippen molar-refractivity contribution < 1.29 is 19.5 Å². The highest BCUT2D eigenvalue weighted by atomic mass is 16.5. The Morgan fingerprint density at radius 1 is 0.900 bits per heavy atom. The lowest BCUT2D eigenvalue weighted by Crippen LogP contribution is -2.19. The summed E-state index contributed by atoms with van der Waals surface area (Å²) in [6, 6.07) is 19.9. The minimum absolute atomic E-state index is 0.107. The van der Waals surface area contributed by atoms with Gasteiger partial charge in [-0.15, -0.1) is 0 Å². The van der Waals surface area contributed by atoms with Crippen molar-refractivity contribution in [2.24, 2.45) is 10.9 Å². The topological polar surface area (TPSA) is 126 Å². The summed E-state index contributed by atoms with van der Waals surface area (Å²) < 4.78 is 5.10. The molecular formula is C22H20N4O4. The molecule has 0 radical (unpaired) electrons. The highest BCUT2D eigenvalue weighted by Crippen LogP contribution is 2.20. The van der Waals surface area contributed by atoms with Crippen molar-refractivity contribution in [1.82, 2.24) is 0 Å². The van der Waals surface area contributed by atoms with Gasteiger partial charge in [-0.2, -0.15) is 0 Å². The second-order valence-electron chi connectivity index (χ2n) is 6.25. The van der Waals surface area contributed by atoms with E-state index in [0.717, 1.165) is 0 Å². The van der Waals surface area contributed by atoms with Gasteiger partial charge in [0.1, 0.15) is 5.75 Å². The van der Waals surface area contributed by atoms with Crippen molar-refractivity contribution in [1.29, 1.82) is 0 Å². The molecular weight excluding hydrogens is 384 g/mol. The third-order valence-corrected chi connectivity index (χ3v) is 4.30. The van der Waals surface area contributed by atoms with E-state index in [1.807, 2.05) is 0 Å². The molecule has 0 saturated heterocycles. The number of benzene rings is 3. The highest BCUT2D eigenvalue weighted by molar-refractivity contribution is 6.13. The molecule has 0 unspecified atom stereocenters. The molecule has 0 atom stereocenters. The molecule has 0 spiro atoms. The number of hydrogen-bond acceptors (Lipinski definition) is 5. The lowest BCUT2D eigenvalue weighted by atomic mass is 10.1. The Kier molecular flexibility index (Phi) is 6.29. The number of hydrogen-bond donors (Lipinski definition) is 4. The fraction of sp³-hybridized carbons (Fsp3) is 0.0455. The summed E-state index contributed by atoms with van der Waals surface area (Å²) >= 11 is 0. The quantitative estimate of drug-likeness (QED) is 0.217. The summed E-state index contributed by atoms with van der Waals surface area (Å²) in [7, 11) is 1.56. The van der Waals surface area contributed by atoms with E-state index < -0.39 is 5.91 Å².